The van der Waals surface area contributed by atoms with Crippen LogP contribution in [0.25, 0.3) is 21.7 Å². The maximum atomic E-state index is 13.8. The van der Waals surface area contributed by atoms with Crippen molar-refractivity contribution in [2.24, 2.45) is 0 Å². The standard InChI is InChI=1S/C19H10F2O2/c20-12-6-7-16(21)15(9-12)19(22)18-10-14-13-4-2-1-3-11(13)5-8-17(14)23-18/h1-10H. The molecule has 23 heavy (non-hydrogen) atoms. The van der Waals surface area contributed by atoms with Crippen molar-refractivity contribution in [2.75, 3.05) is 0 Å². The first kappa shape index (κ1) is 13.6. The van der Waals surface area contributed by atoms with E-state index in [1.54, 1.807) is 12.1 Å². The van der Waals surface area contributed by atoms with Crippen LogP contribution in [-0.4, -0.2) is 5.78 Å². The van der Waals surface area contributed by atoms with Crippen molar-refractivity contribution in [3.63, 3.8) is 0 Å². The summed E-state index contributed by atoms with van der Waals surface area (Å²) in [4.78, 5) is 12.4. The molecule has 1 aromatic heterocycles. The number of furan rings is 1. The zero-order valence-corrected chi connectivity index (χ0v) is 11.8. The Morgan fingerprint density at radius 2 is 1.70 bits per heavy atom. The van der Waals surface area contributed by atoms with Gasteiger partial charge in [0.1, 0.15) is 17.2 Å². The van der Waals surface area contributed by atoms with Crippen LogP contribution in [0.2, 0.25) is 0 Å². The molecule has 0 fully saturated rings. The largest absolute Gasteiger partial charge is 0.453 e. The lowest BCUT2D eigenvalue weighted by molar-refractivity contribution is 0.101. The Hall–Kier alpha value is -3.01. The van der Waals surface area contributed by atoms with E-state index in [1.165, 1.54) is 0 Å². The Kier molecular flexibility index (Phi) is 2.98. The molecule has 0 N–H and O–H groups in total. The molecular weight excluding hydrogens is 298 g/mol. The fourth-order valence-corrected chi connectivity index (χ4v) is 2.71. The van der Waals surface area contributed by atoms with Crippen LogP contribution in [0.5, 0.6) is 0 Å². The molecule has 3 aromatic carbocycles. The highest BCUT2D eigenvalue weighted by molar-refractivity contribution is 6.13. The lowest BCUT2D eigenvalue weighted by Crippen LogP contribution is -2.03. The summed E-state index contributed by atoms with van der Waals surface area (Å²) >= 11 is 0. The van der Waals surface area contributed by atoms with Gasteiger partial charge in [0, 0.05) is 5.39 Å². The Morgan fingerprint density at radius 1 is 0.870 bits per heavy atom. The second kappa shape index (κ2) is 5.02. The monoisotopic (exact) mass is 308 g/mol. The van der Waals surface area contributed by atoms with E-state index >= 15 is 0 Å². The van der Waals surface area contributed by atoms with Crippen LogP contribution in [0, 0.1) is 11.6 Å². The number of hydrogen-bond donors (Lipinski definition) is 0. The zero-order valence-electron chi connectivity index (χ0n) is 11.8. The molecule has 0 aliphatic carbocycles. The highest BCUT2D eigenvalue weighted by Gasteiger charge is 2.19. The van der Waals surface area contributed by atoms with E-state index in [9.17, 15) is 13.6 Å². The first-order valence-corrected chi connectivity index (χ1v) is 7.04. The van der Waals surface area contributed by atoms with Gasteiger partial charge in [0.25, 0.3) is 0 Å². The number of ketones is 1. The zero-order chi connectivity index (χ0) is 16.0. The number of benzene rings is 3. The van der Waals surface area contributed by atoms with Gasteiger partial charge in [0.2, 0.25) is 5.78 Å². The quantitative estimate of drug-likeness (QED) is 0.482. The predicted octanol–water partition coefficient (Wildman–Crippen LogP) is 5.10. The van der Waals surface area contributed by atoms with Crippen molar-refractivity contribution in [2.45, 2.75) is 0 Å². The third-order valence-corrected chi connectivity index (χ3v) is 3.82. The Labute approximate surface area is 130 Å². The molecule has 0 spiro atoms. The minimum atomic E-state index is -0.776. The van der Waals surface area contributed by atoms with Gasteiger partial charge in [0.15, 0.2) is 5.76 Å². The lowest BCUT2D eigenvalue weighted by atomic mass is 10.1. The van der Waals surface area contributed by atoms with Gasteiger partial charge in [-0.1, -0.05) is 30.3 Å². The van der Waals surface area contributed by atoms with Crippen LogP contribution >= 0.6 is 0 Å². The lowest BCUT2D eigenvalue weighted by Gasteiger charge is -1.99. The average Bonchev–Trinajstić information content (AvgIpc) is 3.01. The summed E-state index contributed by atoms with van der Waals surface area (Å²) in [6, 6.07) is 15.7. The predicted molar refractivity (Wildman–Crippen MR) is 83.5 cm³/mol. The summed E-state index contributed by atoms with van der Waals surface area (Å²) < 4.78 is 32.6. The SMILES string of the molecule is O=C(c1cc2c(ccc3ccccc32)o1)c1cc(F)ccc1F. The molecule has 0 aliphatic rings. The number of rotatable bonds is 2. The minimum absolute atomic E-state index is 0.0131. The Morgan fingerprint density at radius 3 is 2.57 bits per heavy atom. The first-order valence-electron chi connectivity index (χ1n) is 7.04. The van der Waals surface area contributed by atoms with Crippen LogP contribution < -0.4 is 0 Å². The van der Waals surface area contributed by atoms with Crippen LogP contribution in [0.15, 0.2) is 65.1 Å². The molecule has 0 bridgehead atoms. The molecule has 0 unspecified atom stereocenters. The first-order chi connectivity index (χ1) is 11.1. The van der Waals surface area contributed by atoms with Gasteiger partial charge >= 0.3 is 0 Å². The van der Waals surface area contributed by atoms with E-state index in [1.807, 2.05) is 30.3 Å². The van der Waals surface area contributed by atoms with Crippen molar-refractivity contribution in [3.05, 3.63) is 83.6 Å². The molecule has 0 saturated carbocycles. The number of carbonyl (C=O) groups excluding carboxylic acids is 1. The summed E-state index contributed by atoms with van der Waals surface area (Å²) in [6.07, 6.45) is 0. The highest BCUT2D eigenvalue weighted by Crippen LogP contribution is 2.29. The van der Waals surface area contributed by atoms with Crippen molar-refractivity contribution in [1.29, 1.82) is 0 Å². The summed E-state index contributed by atoms with van der Waals surface area (Å²) in [6.45, 7) is 0. The van der Waals surface area contributed by atoms with E-state index in [-0.39, 0.29) is 11.3 Å². The molecule has 2 nitrogen and oxygen atoms in total. The number of hydrogen-bond acceptors (Lipinski definition) is 2. The molecular formula is C19H10F2O2. The maximum Gasteiger partial charge on any atom is 0.231 e. The molecule has 4 heteroatoms. The maximum absolute atomic E-state index is 13.8. The molecule has 112 valence electrons. The smallest absolute Gasteiger partial charge is 0.231 e. The molecule has 0 saturated heterocycles. The fourth-order valence-electron chi connectivity index (χ4n) is 2.71. The van der Waals surface area contributed by atoms with Crippen LogP contribution in [0.3, 0.4) is 0 Å². The Bertz CT molecular complexity index is 1060. The molecule has 0 aliphatic heterocycles. The molecule has 4 rings (SSSR count). The van der Waals surface area contributed by atoms with Gasteiger partial charge < -0.3 is 4.42 Å². The van der Waals surface area contributed by atoms with Crippen molar-refractivity contribution < 1.29 is 18.0 Å². The number of fused-ring (bicyclic) bond motifs is 3. The third-order valence-electron chi connectivity index (χ3n) is 3.82. The number of halogens is 2. The number of carbonyl (C=O) groups is 1. The van der Waals surface area contributed by atoms with E-state index in [2.05, 4.69) is 0 Å². The molecule has 0 radical (unpaired) electrons. The third kappa shape index (κ3) is 2.19. The van der Waals surface area contributed by atoms with Gasteiger partial charge in [-0.3, -0.25) is 4.79 Å². The van der Waals surface area contributed by atoms with Gasteiger partial charge in [-0.25, -0.2) is 8.78 Å². The summed E-state index contributed by atoms with van der Waals surface area (Å²) in [7, 11) is 0. The fraction of sp³-hybridized carbons (Fsp3) is 0. The molecule has 0 amide bonds. The van der Waals surface area contributed by atoms with Crippen molar-refractivity contribution in [1.82, 2.24) is 0 Å². The van der Waals surface area contributed by atoms with E-state index < -0.39 is 17.4 Å². The summed E-state index contributed by atoms with van der Waals surface area (Å²) in [5, 5.41) is 2.72. The van der Waals surface area contributed by atoms with Gasteiger partial charge in [-0.05, 0) is 41.1 Å². The second-order valence-electron chi connectivity index (χ2n) is 5.26. The van der Waals surface area contributed by atoms with E-state index in [0.29, 0.717) is 5.58 Å². The van der Waals surface area contributed by atoms with Crippen molar-refractivity contribution in [3.8, 4) is 0 Å². The normalized spacial score (nSPS) is 11.2. The van der Waals surface area contributed by atoms with Gasteiger partial charge in [-0.2, -0.15) is 0 Å². The minimum Gasteiger partial charge on any atom is -0.453 e. The van der Waals surface area contributed by atoms with Gasteiger partial charge in [0.05, 0.1) is 5.56 Å². The van der Waals surface area contributed by atoms with Gasteiger partial charge in [-0.15, -0.1) is 0 Å². The molecule has 4 aromatic rings. The second-order valence-corrected chi connectivity index (χ2v) is 5.26. The summed E-state index contributed by atoms with van der Waals surface area (Å²) in [5.74, 6) is -2.14. The van der Waals surface area contributed by atoms with Crippen LogP contribution in [-0.2, 0) is 0 Å². The topological polar surface area (TPSA) is 30.2 Å². The average molecular weight is 308 g/mol. The Balaban J connectivity index is 1.90. The molecule has 1 heterocycles. The van der Waals surface area contributed by atoms with Crippen LogP contribution in [0.1, 0.15) is 16.1 Å². The van der Waals surface area contributed by atoms with E-state index in [0.717, 1.165) is 34.4 Å². The van der Waals surface area contributed by atoms with Crippen LogP contribution in [0.4, 0.5) is 8.78 Å². The highest BCUT2D eigenvalue weighted by atomic mass is 19.1. The van der Waals surface area contributed by atoms with E-state index in [4.69, 9.17) is 4.42 Å². The molecule has 0 atom stereocenters. The van der Waals surface area contributed by atoms with Crippen molar-refractivity contribution >= 4 is 27.5 Å². The summed E-state index contributed by atoms with van der Waals surface area (Å²) in [5.41, 5.74) is 0.192.